The van der Waals surface area contributed by atoms with E-state index in [1.165, 1.54) is 0 Å². The van der Waals surface area contributed by atoms with Gasteiger partial charge >= 0.3 is 0 Å². The fourth-order valence-electron chi connectivity index (χ4n) is 4.41. The van der Waals surface area contributed by atoms with Crippen LogP contribution < -0.4 is 0 Å². The molecule has 158 valence electrons. The van der Waals surface area contributed by atoms with Crippen molar-refractivity contribution in [1.29, 1.82) is 0 Å². The van der Waals surface area contributed by atoms with Gasteiger partial charge in [0.1, 0.15) is 0 Å². The highest BCUT2D eigenvalue weighted by Gasteiger charge is 2.33. The van der Waals surface area contributed by atoms with E-state index in [-0.39, 0.29) is 29.8 Å². The lowest BCUT2D eigenvalue weighted by Gasteiger charge is -2.37. The van der Waals surface area contributed by atoms with Gasteiger partial charge in [0, 0.05) is 35.4 Å². The average molecular weight is 409 g/mol. The summed E-state index contributed by atoms with van der Waals surface area (Å²) in [5, 5.41) is 9.87. The van der Waals surface area contributed by atoms with Crippen molar-refractivity contribution in [3.63, 3.8) is 0 Å². The maximum Gasteiger partial charge on any atom is 0.258 e. The molecular formula is C22H27N5O3. The molecular weight excluding hydrogens is 382 g/mol. The van der Waals surface area contributed by atoms with Crippen molar-refractivity contribution in [1.82, 2.24) is 24.8 Å². The number of rotatable bonds is 4. The first kappa shape index (κ1) is 19.2. The molecule has 3 aromatic rings. The summed E-state index contributed by atoms with van der Waals surface area (Å²) >= 11 is 0. The maximum atomic E-state index is 12.4. The van der Waals surface area contributed by atoms with Gasteiger partial charge < -0.3 is 14.2 Å². The second-order valence-corrected chi connectivity index (χ2v) is 8.77. The number of fused-ring (bicyclic) bond motifs is 1. The van der Waals surface area contributed by atoms with Crippen molar-refractivity contribution < 1.29 is 14.1 Å². The van der Waals surface area contributed by atoms with Crippen LogP contribution in [-0.4, -0.2) is 56.5 Å². The van der Waals surface area contributed by atoms with Gasteiger partial charge in [-0.3, -0.25) is 9.48 Å². The van der Waals surface area contributed by atoms with Crippen molar-refractivity contribution in [2.75, 3.05) is 19.8 Å². The number of hydrogen-bond donors (Lipinski definition) is 0. The number of benzene rings is 1. The summed E-state index contributed by atoms with van der Waals surface area (Å²) in [4.78, 5) is 19.1. The van der Waals surface area contributed by atoms with Crippen molar-refractivity contribution in [3.8, 4) is 11.5 Å². The molecule has 2 aromatic heterocycles. The predicted molar refractivity (Wildman–Crippen MR) is 111 cm³/mol. The van der Waals surface area contributed by atoms with Crippen LogP contribution in [0, 0.1) is 5.92 Å². The van der Waals surface area contributed by atoms with Crippen LogP contribution in [0.5, 0.6) is 0 Å². The summed E-state index contributed by atoms with van der Waals surface area (Å²) in [5.41, 5.74) is 1.94. The van der Waals surface area contributed by atoms with E-state index in [1.54, 1.807) is 0 Å². The van der Waals surface area contributed by atoms with Crippen LogP contribution in [0.25, 0.3) is 22.4 Å². The normalized spacial score (nSPS) is 22.6. The molecule has 1 amide bonds. The molecule has 8 nitrogen and oxygen atoms in total. The zero-order chi connectivity index (χ0) is 20.8. The first-order valence-electron chi connectivity index (χ1n) is 10.7. The van der Waals surface area contributed by atoms with Crippen LogP contribution in [0.1, 0.15) is 51.4 Å². The van der Waals surface area contributed by atoms with Gasteiger partial charge in [-0.25, -0.2) is 0 Å². The van der Waals surface area contributed by atoms with E-state index < -0.39 is 0 Å². The lowest BCUT2D eigenvalue weighted by Crippen LogP contribution is -2.45. The Labute approximate surface area is 175 Å². The van der Waals surface area contributed by atoms with Crippen molar-refractivity contribution >= 4 is 16.8 Å². The molecule has 1 unspecified atom stereocenters. The average Bonchev–Trinajstić information content (AvgIpc) is 3.33. The third-order valence-corrected chi connectivity index (χ3v) is 6.27. The van der Waals surface area contributed by atoms with Crippen LogP contribution in [0.3, 0.4) is 0 Å². The molecule has 2 atom stereocenters. The molecule has 0 N–H and O–H groups in total. The second-order valence-electron chi connectivity index (χ2n) is 8.77. The van der Waals surface area contributed by atoms with Crippen LogP contribution in [0.2, 0.25) is 0 Å². The number of aromatic nitrogens is 4. The minimum absolute atomic E-state index is 0.0237. The fourth-order valence-corrected chi connectivity index (χ4v) is 4.41. The van der Waals surface area contributed by atoms with Gasteiger partial charge in [0.05, 0.1) is 31.0 Å². The minimum atomic E-state index is 0.0237. The lowest BCUT2D eigenvalue weighted by molar-refractivity contribution is -0.138. The second kappa shape index (κ2) is 7.50. The van der Waals surface area contributed by atoms with Gasteiger partial charge in [0.2, 0.25) is 5.91 Å². The van der Waals surface area contributed by atoms with E-state index in [0.29, 0.717) is 19.1 Å². The van der Waals surface area contributed by atoms with Crippen molar-refractivity contribution in [2.45, 2.75) is 51.6 Å². The first-order valence-corrected chi connectivity index (χ1v) is 10.7. The summed E-state index contributed by atoms with van der Waals surface area (Å²) in [6.07, 6.45) is 3.59. The molecule has 0 aliphatic carbocycles. The standard InChI is InChI=1S/C22H27N5O3/c1-13(2)22(28)26-7-6-15(8-14(26)3)20-24-21(30-25-20)16-4-5-17-10-23-27(19(17)9-16)18-11-29-12-18/h4-5,9-10,13-15,18H,6-8,11-12H2,1-3H3/t14-,15?/m1/s1. The molecule has 2 aliphatic rings. The molecule has 1 aromatic carbocycles. The monoisotopic (exact) mass is 409 g/mol. The summed E-state index contributed by atoms with van der Waals surface area (Å²) < 4.78 is 12.9. The smallest absolute Gasteiger partial charge is 0.258 e. The third-order valence-electron chi connectivity index (χ3n) is 6.27. The number of likely N-dealkylation sites (tertiary alicyclic amines) is 1. The van der Waals surface area contributed by atoms with Crippen molar-refractivity contribution in [3.05, 3.63) is 30.2 Å². The van der Waals surface area contributed by atoms with Gasteiger partial charge in [-0.2, -0.15) is 10.1 Å². The zero-order valence-corrected chi connectivity index (χ0v) is 17.6. The Balaban J connectivity index is 1.35. The summed E-state index contributed by atoms with van der Waals surface area (Å²) in [7, 11) is 0. The highest BCUT2D eigenvalue weighted by molar-refractivity contribution is 5.83. The lowest BCUT2D eigenvalue weighted by atomic mass is 9.90. The van der Waals surface area contributed by atoms with Gasteiger partial charge in [-0.05, 0) is 31.9 Å². The highest BCUT2D eigenvalue weighted by Crippen LogP contribution is 2.33. The molecule has 2 saturated heterocycles. The minimum Gasteiger partial charge on any atom is -0.377 e. The van der Waals surface area contributed by atoms with Crippen LogP contribution in [-0.2, 0) is 9.53 Å². The summed E-state index contributed by atoms with van der Waals surface area (Å²) in [6.45, 7) is 8.14. The number of hydrogen-bond acceptors (Lipinski definition) is 6. The Kier molecular flexibility index (Phi) is 4.81. The topological polar surface area (TPSA) is 86.3 Å². The molecule has 0 bridgehead atoms. The van der Waals surface area contributed by atoms with E-state index >= 15 is 0 Å². The van der Waals surface area contributed by atoms with E-state index in [4.69, 9.17) is 14.2 Å². The van der Waals surface area contributed by atoms with E-state index in [1.807, 2.05) is 41.8 Å². The Bertz CT molecular complexity index is 1070. The van der Waals surface area contributed by atoms with E-state index in [2.05, 4.69) is 23.2 Å². The fraction of sp³-hybridized carbons (Fsp3) is 0.545. The van der Waals surface area contributed by atoms with Crippen LogP contribution in [0.15, 0.2) is 28.9 Å². The Morgan fingerprint density at radius 3 is 2.80 bits per heavy atom. The maximum absolute atomic E-state index is 12.4. The van der Waals surface area contributed by atoms with Gasteiger partial charge in [0.25, 0.3) is 5.89 Å². The highest BCUT2D eigenvalue weighted by atomic mass is 16.5. The number of nitrogens with zero attached hydrogens (tertiary/aromatic N) is 5. The molecule has 8 heteroatoms. The van der Waals surface area contributed by atoms with Gasteiger partial charge in [-0.1, -0.05) is 25.1 Å². The molecule has 0 radical (unpaired) electrons. The molecule has 2 aliphatic heterocycles. The Morgan fingerprint density at radius 1 is 1.27 bits per heavy atom. The third kappa shape index (κ3) is 3.29. The van der Waals surface area contributed by atoms with Crippen molar-refractivity contribution in [2.24, 2.45) is 5.92 Å². The van der Waals surface area contributed by atoms with Crippen LogP contribution >= 0.6 is 0 Å². The molecule has 0 spiro atoms. The van der Waals surface area contributed by atoms with E-state index in [0.717, 1.165) is 41.7 Å². The van der Waals surface area contributed by atoms with Crippen LogP contribution in [0.4, 0.5) is 0 Å². The largest absolute Gasteiger partial charge is 0.377 e. The molecule has 4 heterocycles. The number of ether oxygens (including phenoxy) is 1. The molecule has 30 heavy (non-hydrogen) atoms. The van der Waals surface area contributed by atoms with Gasteiger partial charge in [-0.15, -0.1) is 0 Å². The summed E-state index contributed by atoms with van der Waals surface area (Å²) in [5.74, 6) is 1.70. The molecule has 2 fully saturated rings. The SMILES string of the molecule is CC(C)C(=O)N1CCC(c2noc(-c3ccc4cnn(C5COC5)c4c3)n2)C[C@H]1C. The quantitative estimate of drug-likeness (QED) is 0.656. The molecule has 0 saturated carbocycles. The first-order chi connectivity index (χ1) is 14.5. The number of amides is 1. The summed E-state index contributed by atoms with van der Waals surface area (Å²) in [6, 6.07) is 6.56. The molecule has 5 rings (SSSR count). The van der Waals surface area contributed by atoms with Gasteiger partial charge in [0.15, 0.2) is 5.82 Å². The Morgan fingerprint density at radius 2 is 2.10 bits per heavy atom. The number of carbonyl (C=O) groups excluding carboxylic acids is 1. The zero-order valence-electron chi connectivity index (χ0n) is 17.6. The number of piperidine rings is 1. The number of carbonyl (C=O) groups is 1. The predicted octanol–water partition coefficient (Wildman–Crippen LogP) is 3.41. The van der Waals surface area contributed by atoms with E-state index in [9.17, 15) is 4.79 Å². The Hall–Kier alpha value is -2.74.